The monoisotopic (exact) mass is 218 g/mol. The molecule has 0 aliphatic carbocycles. The van der Waals surface area contributed by atoms with Crippen LogP contribution >= 0.6 is 0 Å². The zero-order chi connectivity index (χ0) is 11.0. The number of benzene rings is 1. The van der Waals surface area contributed by atoms with Crippen LogP contribution < -0.4 is 4.90 Å². The van der Waals surface area contributed by atoms with Crippen LogP contribution in [0.2, 0.25) is 0 Å². The number of H-pyrrole nitrogens is 1. The molecule has 0 radical (unpaired) electrons. The normalized spacial score (nSPS) is 16.9. The molecular weight excluding hydrogens is 203 g/mol. The van der Waals surface area contributed by atoms with Gasteiger partial charge in [-0.25, -0.2) is 4.39 Å². The summed E-state index contributed by atoms with van der Waals surface area (Å²) in [4.78, 5) is 5.70. The minimum absolute atomic E-state index is 0.170. The van der Waals surface area contributed by atoms with Gasteiger partial charge in [-0.15, -0.1) is 0 Å². The minimum atomic E-state index is -0.170. The molecule has 3 rings (SSSR count). The minimum Gasteiger partial charge on any atom is -0.358 e. The molecule has 1 aliphatic rings. The van der Waals surface area contributed by atoms with Crippen molar-refractivity contribution in [3.63, 3.8) is 0 Å². The van der Waals surface area contributed by atoms with Gasteiger partial charge in [0.15, 0.2) is 0 Å². The Labute approximate surface area is 94.1 Å². The van der Waals surface area contributed by atoms with Crippen molar-refractivity contribution < 1.29 is 4.39 Å². The summed E-state index contributed by atoms with van der Waals surface area (Å²) in [7, 11) is 0. The van der Waals surface area contributed by atoms with E-state index in [-0.39, 0.29) is 5.82 Å². The number of halogens is 1. The van der Waals surface area contributed by atoms with Gasteiger partial charge in [-0.05, 0) is 43.5 Å². The molecule has 1 fully saturated rings. The first-order chi connectivity index (χ1) is 7.83. The number of aromatic nitrogens is 1. The van der Waals surface area contributed by atoms with Crippen molar-refractivity contribution in [1.29, 1.82) is 0 Å². The molecule has 1 aromatic heterocycles. The summed E-state index contributed by atoms with van der Waals surface area (Å²) < 4.78 is 13.1. The largest absolute Gasteiger partial charge is 0.358 e. The van der Waals surface area contributed by atoms with Crippen LogP contribution in [-0.2, 0) is 0 Å². The number of nitrogens with zero attached hydrogens (tertiary/aromatic N) is 1. The van der Waals surface area contributed by atoms with Crippen molar-refractivity contribution in [2.24, 2.45) is 0 Å². The Hall–Kier alpha value is -1.51. The van der Waals surface area contributed by atoms with E-state index in [1.807, 2.05) is 6.07 Å². The summed E-state index contributed by atoms with van der Waals surface area (Å²) >= 11 is 0. The van der Waals surface area contributed by atoms with E-state index in [1.165, 1.54) is 25.3 Å². The van der Waals surface area contributed by atoms with Gasteiger partial charge in [0, 0.05) is 24.0 Å². The average molecular weight is 218 g/mol. The second-order valence-corrected chi connectivity index (χ2v) is 4.43. The van der Waals surface area contributed by atoms with E-state index in [0.717, 1.165) is 29.8 Å². The lowest BCUT2D eigenvalue weighted by Gasteiger charge is -2.27. The van der Waals surface area contributed by atoms with Crippen molar-refractivity contribution in [3.8, 4) is 0 Å². The van der Waals surface area contributed by atoms with E-state index in [9.17, 15) is 4.39 Å². The van der Waals surface area contributed by atoms with Crippen LogP contribution in [0.15, 0.2) is 24.3 Å². The van der Waals surface area contributed by atoms with Gasteiger partial charge in [-0.1, -0.05) is 0 Å². The van der Waals surface area contributed by atoms with Crippen LogP contribution in [0.3, 0.4) is 0 Å². The molecule has 2 aromatic rings. The fourth-order valence-corrected chi connectivity index (χ4v) is 2.39. The van der Waals surface area contributed by atoms with Gasteiger partial charge in [0.1, 0.15) is 11.6 Å². The molecule has 0 spiro atoms. The molecule has 1 saturated heterocycles. The first kappa shape index (κ1) is 9.70. The van der Waals surface area contributed by atoms with Gasteiger partial charge >= 0.3 is 0 Å². The lowest BCUT2D eigenvalue weighted by molar-refractivity contribution is 0.574. The fourth-order valence-electron chi connectivity index (χ4n) is 2.39. The molecular formula is C13H15FN2. The fraction of sp³-hybridized carbons (Fsp3) is 0.385. The Morgan fingerprint density at radius 3 is 2.69 bits per heavy atom. The third-order valence-corrected chi connectivity index (χ3v) is 3.27. The molecule has 2 heterocycles. The summed E-state index contributed by atoms with van der Waals surface area (Å²) in [5.74, 6) is 0.956. The van der Waals surface area contributed by atoms with Crippen LogP contribution in [0.5, 0.6) is 0 Å². The zero-order valence-electron chi connectivity index (χ0n) is 9.17. The van der Waals surface area contributed by atoms with Gasteiger partial charge < -0.3 is 9.88 Å². The molecule has 1 aromatic carbocycles. The van der Waals surface area contributed by atoms with Crippen molar-refractivity contribution >= 4 is 16.7 Å². The van der Waals surface area contributed by atoms with Crippen LogP contribution in [0, 0.1) is 5.82 Å². The Morgan fingerprint density at radius 2 is 1.88 bits per heavy atom. The highest BCUT2D eigenvalue weighted by molar-refractivity contribution is 5.84. The van der Waals surface area contributed by atoms with Crippen molar-refractivity contribution in [2.75, 3.05) is 18.0 Å². The molecule has 0 atom stereocenters. The maximum atomic E-state index is 13.1. The maximum absolute atomic E-state index is 13.1. The summed E-state index contributed by atoms with van der Waals surface area (Å²) in [6.07, 6.45) is 3.83. The maximum Gasteiger partial charge on any atom is 0.123 e. The van der Waals surface area contributed by atoms with Gasteiger partial charge in [0.25, 0.3) is 0 Å². The summed E-state index contributed by atoms with van der Waals surface area (Å²) in [5.41, 5.74) is 1.02. The number of hydrogen-bond acceptors (Lipinski definition) is 1. The lowest BCUT2D eigenvalue weighted by Crippen LogP contribution is -2.29. The first-order valence-corrected chi connectivity index (χ1v) is 5.86. The summed E-state index contributed by atoms with van der Waals surface area (Å²) in [5, 5.41) is 0.959. The lowest BCUT2D eigenvalue weighted by atomic mass is 10.1. The number of anilines is 1. The number of aromatic amines is 1. The summed E-state index contributed by atoms with van der Waals surface area (Å²) in [6.45, 7) is 2.21. The number of piperidine rings is 1. The van der Waals surface area contributed by atoms with Crippen molar-refractivity contribution in [3.05, 3.63) is 30.1 Å². The van der Waals surface area contributed by atoms with Crippen LogP contribution in [0.1, 0.15) is 19.3 Å². The topological polar surface area (TPSA) is 19.0 Å². The third kappa shape index (κ3) is 1.66. The van der Waals surface area contributed by atoms with E-state index in [1.54, 1.807) is 12.1 Å². The molecule has 16 heavy (non-hydrogen) atoms. The molecule has 1 N–H and O–H groups in total. The quantitative estimate of drug-likeness (QED) is 0.778. The number of nitrogens with one attached hydrogen (secondary N) is 1. The van der Waals surface area contributed by atoms with Crippen molar-refractivity contribution in [2.45, 2.75) is 19.3 Å². The molecule has 0 amide bonds. The Kier molecular flexibility index (Phi) is 2.31. The third-order valence-electron chi connectivity index (χ3n) is 3.27. The van der Waals surface area contributed by atoms with E-state index in [2.05, 4.69) is 9.88 Å². The Morgan fingerprint density at radius 1 is 1.06 bits per heavy atom. The number of hydrogen-bond donors (Lipinski definition) is 1. The Bertz CT molecular complexity index is 498. The van der Waals surface area contributed by atoms with E-state index in [0.29, 0.717) is 0 Å². The van der Waals surface area contributed by atoms with Crippen LogP contribution in [-0.4, -0.2) is 18.1 Å². The van der Waals surface area contributed by atoms with Gasteiger partial charge in [-0.3, -0.25) is 0 Å². The molecule has 0 saturated carbocycles. The zero-order valence-corrected chi connectivity index (χ0v) is 9.17. The highest BCUT2D eigenvalue weighted by Gasteiger charge is 2.12. The molecule has 3 heteroatoms. The highest BCUT2D eigenvalue weighted by Crippen LogP contribution is 2.24. The average Bonchev–Trinajstić information content (AvgIpc) is 2.73. The first-order valence-electron chi connectivity index (χ1n) is 5.86. The van der Waals surface area contributed by atoms with Gasteiger partial charge in [0.05, 0.1) is 0 Å². The van der Waals surface area contributed by atoms with Crippen LogP contribution in [0.25, 0.3) is 10.9 Å². The van der Waals surface area contributed by atoms with Crippen molar-refractivity contribution in [1.82, 2.24) is 4.98 Å². The Balaban J connectivity index is 1.97. The SMILES string of the molecule is Fc1ccc2[nH]c(N3CCCCC3)cc2c1. The van der Waals surface area contributed by atoms with Gasteiger partial charge in [-0.2, -0.15) is 0 Å². The van der Waals surface area contributed by atoms with E-state index < -0.39 is 0 Å². The molecule has 1 aliphatic heterocycles. The van der Waals surface area contributed by atoms with Crippen LogP contribution in [0.4, 0.5) is 10.2 Å². The van der Waals surface area contributed by atoms with E-state index >= 15 is 0 Å². The predicted molar refractivity (Wildman–Crippen MR) is 64.3 cm³/mol. The molecule has 84 valence electrons. The molecule has 2 nitrogen and oxygen atoms in total. The smallest absolute Gasteiger partial charge is 0.123 e. The second kappa shape index (κ2) is 3.81. The highest BCUT2D eigenvalue weighted by atomic mass is 19.1. The second-order valence-electron chi connectivity index (χ2n) is 4.43. The van der Waals surface area contributed by atoms with Gasteiger partial charge in [0.2, 0.25) is 0 Å². The molecule has 0 bridgehead atoms. The number of rotatable bonds is 1. The van der Waals surface area contributed by atoms with E-state index in [4.69, 9.17) is 0 Å². The summed E-state index contributed by atoms with van der Waals surface area (Å²) in [6, 6.07) is 6.93. The molecule has 0 unspecified atom stereocenters. The predicted octanol–water partition coefficient (Wildman–Crippen LogP) is 3.30. The number of fused-ring (bicyclic) bond motifs is 1. The standard InChI is InChI=1S/C13H15FN2/c14-11-4-5-12-10(8-11)9-13(15-12)16-6-2-1-3-7-16/h4-5,8-9,15H,1-3,6-7H2.